The number of fused-ring (bicyclic) bond motifs is 1. The summed E-state index contributed by atoms with van der Waals surface area (Å²) in [7, 11) is 5.56. The lowest BCUT2D eigenvalue weighted by Gasteiger charge is -2.26. The van der Waals surface area contributed by atoms with Gasteiger partial charge in [0.2, 0.25) is 0 Å². The molecule has 0 saturated heterocycles. The van der Waals surface area contributed by atoms with Gasteiger partial charge in [-0.3, -0.25) is 4.79 Å². The largest absolute Gasteiger partial charge is 0.497 e. The third kappa shape index (κ3) is 3.87. The Bertz CT molecular complexity index is 764. The Hall–Kier alpha value is -2.02. The number of thioether (sulfide) groups is 1. The van der Waals surface area contributed by atoms with Crippen molar-refractivity contribution in [3.05, 3.63) is 54.1 Å². The number of para-hydroxylation sites is 1. The van der Waals surface area contributed by atoms with Crippen LogP contribution in [0.3, 0.4) is 0 Å². The van der Waals surface area contributed by atoms with E-state index in [-0.39, 0.29) is 11.2 Å². The molecule has 0 unspecified atom stereocenters. The number of nitrogens with zero attached hydrogens (tertiary/aromatic N) is 2. The molecule has 0 fully saturated rings. The van der Waals surface area contributed by atoms with Crippen molar-refractivity contribution >= 4 is 23.4 Å². The van der Waals surface area contributed by atoms with Crippen molar-refractivity contribution in [2.75, 3.05) is 39.2 Å². The molecule has 3 rings (SSSR count). The summed E-state index contributed by atoms with van der Waals surface area (Å²) in [5, 5.41) is 10.5. The van der Waals surface area contributed by atoms with Crippen LogP contribution in [0.5, 0.6) is 5.75 Å². The second-order valence-electron chi connectivity index (χ2n) is 6.52. The highest BCUT2D eigenvalue weighted by atomic mass is 32.2. The second-order valence-corrected chi connectivity index (χ2v) is 7.70. The topological polar surface area (TPSA) is 53.0 Å². The highest BCUT2D eigenvalue weighted by Crippen LogP contribution is 2.45. The van der Waals surface area contributed by atoms with Gasteiger partial charge in [-0.15, -0.1) is 11.8 Å². The lowest BCUT2D eigenvalue weighted by atomic mass is 10.1. The van der Waals surface area contributed by atoms with Crippen LogP contribution < -0.4 is 9.64 Å². The van der Waals surface area contributed by atoms with Gasteiger partial charge >= 0.3 is 0 Å². The number of anilines is 1. The van der Waals surface area contributed by atoms with Crippen LogP contribution >= 0.6 is 11.8 Å². The molecule has 0 saturated carbocycles. The standard InChI is InChI=1S/C20H24N2O3S/c1-21(2)12-13-22-16-6-4-5-7-17(16)26-19(18(23)20(22)24)14-8-10-15(25-3)11-9-14/h4-11,18-19,23H,12-13H2,1-3H3/t18-,19-/m1/s1. The van der Waals surface area contributed by atoms with Crippen LogP contribution in [0.1, 0.15) is 10.8 Å². The average molecular weight is 372 g/mol. The number of benzene rings is 2. The van der Waals surface area contributed by atoms with E-state index in [0.717, 1.165) is 28.4 Å². The van der Waals surface area contributed by atoms with Crippen molar-refractivity contribution in [2.24, 2.45) is 0 Å². The van der Waals surface area contributed by atoms with E-state index in [1.807, 2.05) is 67.5 Å². The summed E-state index contributed by atoms with van der Waals surface area (Å²) in [5.74, 6) is 0.492. The van der Waals surface area contributed by atoms with Crippen molar-refractivity contribution in [1.29, 1.82) is 0 Å². The minimum absolute atomic E-state index is 0.259. The quantitative estimate of drug-likeness (QED) is 0.875. The van der Waals surface area contributed by atoms with E-state index in [1.165, 1.54) is 11.8 Å². The van der Waals surface area contributed by atoms with Crippen molar-refractivity contribution in [3.63, 3.8) is 0 Å². The molecular weight excluding hydrogens is 348 g/mol. The molecule has 1 aliphatic heterocycles. The summed E-state index contributed by atoms with van der Waals surface area (Å²) in [6.45, 7) is 1.26. The first kappa shape index (κ1) is 18.8. The van der Waals surface area contributed by atoms with E-state index >= 15 is 0 Å². The number of hydrogen-bond donors (Lipinski definition) is 1. The van der Waals surface area contributed by atoms with Crippen molar-refractivity contribution in [3.8, 4) is 5.75 Å². The van der Waals surface area contributed by atoms with E-state index in [1.54, 1.807) is 12.0 Å². The summed E-state index contributed by atoms with van der Waals surface area (Å²) in [5.41, 5.74) is 1.76. The minimum Gasteiger partial charge on any atom is -0.497 e. The fraction of sp³-hybridized carbons (Fsp3) is 0.350. The van der Waals surface area contributed by atoms with E-state index < -0.39 is 6.10 Å². The maximum Gasteiger partial charge on any atom is 0.257 e. The van der Waals surface area contributed by atoms with Crippen LogP contribution in [0.2, 0.25) is 0 Å². The molecule has 1 N–H and O–H groups in total. The van der Waals surface area contributed by atoms with Gasteiger partial charge < -0.3 is 19.6 Å². The number of hydrogen-bond acceptors (Lipinski definition) is 5. The molecule has 2 aromatic carbocycles. The zero-order chi connectivity index (χ0) is 18.7. The molecule has 26 heavy (non-hydrogen) atoms. The number of carbonyl (C=O) groups is 1. The third-order valence-corrected chi connectivity index (χ3v) is 5.81. The van der Waals surface area contributed by atoms with Gasteiger partial charge in [-0.25, -0.2) is 0 Å². The van der Waals surface area contributed by atoms with Gasteiger partial charge in [-0.2, -0.15) is 0 Å². The Kier molecular flexibility index (Phi) is 5.86. The number of aliphatic hydroxyl groups excluding tert-OH is 1. The lowest BCUT2D eigenvalue weighted by Crippen LogP contribution is -2.43. The molecule has 1 heterocycles. The fourth-order valence-corrected chi connectivity index (χ4v) is 4.23. The number of amides is 1. The molecule has 1 aliphatic rings. The van der Waals surface area contributed by atoms with Crippen molar-refractivity contribution in [2.45, 2.75) is 16.2 Å². The van der Waals surface area contributed by atoms with Gasteiger partial charge in [-0.1, -0.05) is 24.3 Å². The predicted octanol–water partition coefficient (Wildman–Crippen LogP) is 2.80. The lowest BCUT2D eigenvalue weighted by molar-refractivity contribution is -0.126. The number of aliphatic hydroxyl groups is 1. The van der Waals surface area contributed by atoms with Crippen molar-refractivity contribution in [1.82, 2.24) is 4.90 Å². The van der Waals surface area contributed by atoms with E-state index in [4.69, 9.17) is 4.74 Å². The predicted molar refractivity (Wildman–Crippen MR) is 105 cm³/mol. The van der Waals surface area contributed by atoms with Gasteiger partial charge in [0.25, 0.3) is 5.91 Å². The summed E-state index contributed by atoms with van der Waals surface area (Å²) in [6.07, 6.45) is -1.11. The monoisotopic (exact) mass is 372 g/mol. The highest BCUT2D eigenvalue weighted by molar-refractivity contribution is 7.99. The third-order valence-electron chi connectivity index (χ3n) is 4.43. The number of rotatable bonds is 5. The van der Waals surface area contributed by atoms with Crippen LogP contribution in [0, 0.1) is 0 Å². The fourth-order valence-electron chi connectivity index (χ4n) is 2.96. The van der Waals surface area contributed by atoms with Gasteiger partial charge in [0.05, 0.1) is 18.0 Å². The number of carbonyl (C=O) groups excluding carboxylic acids is 1. The number of ether oxygens (including phenoxy) is 1. The smallest absolute Gasteiger partial charge is 0.257 e. The van der Waals surface area contributed by atoms with Crippen LogP contribution in [-0.4, -0.2) is 56.3 Å². The Labute approximate surface area is 158 Å². The SMILES string of the molecule is COc1ccc([C@H]2Sc3ccccc3N(CCN(C)C)C(=O)[C@@H]2O)cc1. The molecule has 0 bridgehead atoms. The molecule has 2 atom stereocenters. The molecule has 0 aromatic heterocycles. The molecule has 0 spiro atoms. The molecule has 0 aliphatic carbocycles. The molecule has 2 aromatic rings. The average Bonchev–Trinajstić information content (AvgIpc) is 2.76. The second kappa shape index (κ2) is 8.12. The molecule has 0 radical (unpaired) electrons. The van der Waals surface area contributed by atoms with Gasteiger partial charge in [0, 0.05) is 18.0 Å². The highest BCUT2D eigenvalue weighted by Gasteiger charge is 2.37. The Balaban J connectivity index is 1.97. The minimum atomic E-state index is -1.11. The number of methoxy groups -OCH3 is 1. The summed E-state index contributed by atoms with van der Waals surface area (Å²) in [4.78, 5) is 17.8. The Morgan fingerprint density at radius 3 is 2.50 bits per heavy atom. The van der Waals surface area contributed by atoms with Gasteiger partial charge in [0.15, 0.2) is 0 Å². The van der Waals surface area contributed by atoms with Crippen LogP contribution in [-0.2, 0) is 4.79 Å². The van der Waals surface area contributed by atoms with Gasteiger partial charge in [-0.05, 0) is 43.9 Å². The first-order chi connectivity index (χ1) is 12.5. The maximum absolute atomic E-state index is 13.0. The Morgan fingerprint density at radius 2 is 1.85 bits per heavy atom. The number of likely N-dealkylation sites (N-methyl/N-ethyl adjacent to an activating group) is 1. The van der Waals surface area contributed by atoms with Crippen LogP contribution in [0.25, 0.3) is 0 Å². The zero-order valence-electron chi connectivity index (χ0n) is 15.3. The van der Waals surface area contributed by atoms with E-state index in [2.05, 4.69) is 0 Å². The normalized spacial score (nSPS) is 20.0. The molecule has 6 heteroatoms. The molecule has 138 valence electrons. The maximum atomic E-state index is 13.0. The molecular formula is C20H24N2O3S. The summed E-state index contributed by atoms with van der Waals surface area (Å²) >= 11 is 1.53. The van der Waals surface area contributed by atoms with Crippen LogP contribution in [0.4, 0.5) is 5.69 Å². The van der Waals surface area contributed by atoms with E-state index in [0.29, 0.717) is 6.54 Å². The Morgan fingerprint density at radius 1 is 1.15 bits per heavy atom. The zero-order valence-corrected chi connectivity index (χ0v) is 16.1. The van der Waals surface area contributed by atoms with E-state index in [9.17, 15) is 9.90 Å². The summed E-state index contributed by atoms with van der Waals surface area (Å²) < 4.78 is 5.21. The first-order valence-electron chi connectivity index (χ1n) is 8.55. The molecule has 1 amide bonds. The summed E-state index contributed by atoms with van der Waals surface area (Å²) in [6, 6.07) is 15.4. The van der Waals surface area contributed by atoms with Gasteiger partial charge in [0.1, 0.15) is 11.9 Å². The van der Waals surface area contributed by atoms with Crippen molar-refractivity contribution < 1.29 is 14.6 Å². The van der Waals surface area contributed by atoms with Crippen LogP contribution in [0.15, 0.2) is 53.4 Å². The first-order valence-corrected chi connectivity index (χ1v) is 9.43. The molecule has 5 nitrogen and oxygen atoms in total.